The van der Waals surface area contributed by atoms with Crippen molar-refractivity contribution in [3.05, 3.63) is 65.0 Å². The van der Waals surface area contributed by atoms with Gasteiger partial charge in [0.05, 0.1) is 22.4 Å². The SMILES string of the molecule is N#Cc1cc(C(F)(F)F)ccc1N1CCN(C(=O)c2ccccc2F)CC1. The second kappa shape index (κ2) is 7.27. The normalized spacial score (nSPS) is 14.8. The van der Waals surface area contributed by atoms with Crippen LogP contribution in [0.3, 0.4) is 0 Å². The number of carbonyl (C=O) groups is 1. The zero-order valence-electron chi connectivity index (χ0n) is 14.1. The largest absolute Gasteiger partial charge is 0.416 e. The van der Waals surface area contributed by atoms with Crippen molar-refractivity contribution in [1.82, 2.24) is 4.90 Å². The molecule has 1 aliphatic heterocycles. The molecule has 4 nitrogen and oxygen atoms in total. The average molecular weight is 377 g/mol. The molecule has 1 amide bonds. The van der Waals surface area contributed by atoms with Crippen LogP contribution in [-0.2, 0) is 6.18 Å². The molecule has 0 spiro atoms. The van der Waals surface area contributed by atoms with Crippen molar-refractivity contribution in [2.45, 2.75) is 6.18 Å². The third kappa shape index (κ3) is 3.87. The summed E-state index contributed by atoms with van der Waals surface area (Å²) >= 11 is 0. The second-order valence-electron chi connectivity index (χ2n) is 6.10. The van der Waals surface area contributed by atoms with Gasteiger partial charge in [0, 0.05) is 26.2 Å². The fourth-order valence-corrected chi connectivity index (χ4v) is 3.03. The highest BCUT2D eigenvalue weighted by molar-refractivity contribution is 5.94. The molecule has 27 heavy (non-hydrogen) atoms. The molecule has 0 aromatic heterocycles. The Morgan fingerprint density at radius 3 is 2.30 bits per heavy atom. The highest BCUT2D eigenvalue weighted by Crippen LogP contribution is 2.33. The van der Waals surface area contributed by atoms with E-state index >= 15 is 0 Å². The van der Waals surface area contributed by atoms with Crippen LogP contribution in [0.5, 0.6) is 0 Å². The summed E-state index contributed by atoms with van der Waals surface area (Å²) in [5, 5.41) is 9.21. The number of amides is 1. The van der Waals surface area contributed by atoms with Gasteiger partial charge in [-0.25, -0.2) is 4.39 Å². The van der Waals surface area contributed by atoms with Gasteiger partial charge in [0.2, 0.25) is 0 Å². The van der Waals surface area contributed by atoms with Gasteiger partial charge >= 0.3 is 6.18 Å². The molecule has 0 radical (unpaired) electrons. The first-order chi connectivity index (χ1) is 12.8. The molecular weight excluding hydrogens is 362 g/mol. The number of rotatable bonds is 2. The third-order valence-corrected chi connectivity index (χ3v) is 4.46. The Balaban J connectivity index is 1.74. The van der Waals surface area contributed by atoms with E-state index in [1.54, 1.807) is 17.0 Å². The lowest BCUT2D eigenvalue weighted by atomic mass is 10.1. The minimum absolute atomic E-state index is 0.0156. The lowest BCUT2D eigenvalue weighted by Gasteiger charge is -2.36. The van der Waals surface area contributed by atoms with Gasteiger partial charge in [-0.1, -0.05) is 12.1 Å². The predicted molar refractivity (Wildman–Crippen MR) is 90.7 cm³/mol. The van der Waals surface area contributed by atoms with Gasteiger partial charge in [0.1, 0.15) is 11.9 Å². The Morgan fingerprint density at radius 2 is 1.70 bits per heavy atom. The van der Waals surface area contributed by atoms with E-state index in [2.05, 4.69) is 0 Å². The highest BCUT2D eigenvalue weighted by atomic mass is 19.4. The molecule has 8 heteroatoms. The van der Waals surface area contributed by atoms with E-state index in [1.807, 2.05) is 0 Å². The van der Waals surface area contributed by atoms with Crippen molar-refractivity contribution in [3.8, 4) is 6.07 Å². The second-order valence-corrected chi connectivity index (χ2v) is 6.10. The number of halogens is 4. The number of hydrogen-bond donors (Lipinski definition) is 0. The summed E-state index contributed by atoms with van der Waals surface area (Å²) in [6, 6.07) is 10.5. The van der Waals surface area contributed by atoms with Gasteiger partial charge in [-0.2, -0.15) is 18.4 Å². The van der Waals surface area contributed by atoms with Crippen LogP contribution in [0.15, 0.2) is 42.5 Å². The van der Waals surface area contributed by atoms with Crippen LogP contribution >= 0.6 is 0 Å². The Bertz CT molecular complexity index is 897. The molecule has 140 valence electrons. The number of anilines is 1. The third-order valence-electron chi connectivity index (χ3n) is 4.46. The Kier molecular flexibility index (Phi) is 5.04. The number of benzene rings is 2. The molecule has 2 aromatic rings. The van der Waals surface area contributed by atoms with E-state index in [0.29, 0.717) is 18.8 Å². The number of carbonyl (C=O) groups excluding carboxylic acids is 1. The molecule has 0 saturated carbocycles. The van der Waals surface area contributed by atoms with Crippen molar-refractivity contribution in [2.75, 3.05) is 31.1 Å². The van der Waals surface area contributed by atoms with Crippen LogP contribution < -0.4 is 4.90 Å². The smallest absolute Gasteiger partial charge is 0.367 e. The molecule has 1 aliphatic rings. The number of hydrogen-bond acceptors (Lipinski definition) is 3. The minimum atomic E-state index is -4.52. The monoisotopic (exact) mass is 377 g/mol. The summed E-state index contributed by atoms with van der Waals surface area (Å²) in [5.41, 5.74) is -0.573. The van der Waals surface area contributed by atoms with Gasteiger partial charge in [0.15, 0.2) is 0 Å². The zero-order chi connectivity index (χ0) is 19.6. The van der Waals surface area contributed by atoms with Gasteiger partial charge in [-0.3, -0.25) is 4.79 Å². The Hall–Kier alpha value is -3.08. The van der Waals surface area contributed by atoms with Crippen LogP contribution in [0.1, 0.15) is 21.5 Å². The van der Waals surface area contributed by atoms with E-state index < -0.39 is 23.5 Å². The maximum Gasteiger partial charge on any atom is 0.416 e. The molecule has 2 aromatic carbocycles. The first kappa shape index (κ1) is 18.7. The van der Waals surface area contributed by atoms with E-state index in [0.717, 1.165) is 12.1 Å². The highest BCUT2D eigenvalue weighted by Gasteiger charge is 2.32. The van der Waals surface area contributed by atoms with Crippen molar-refractivity contribution < 1.29 is 22.4 Å². The van der Waals surface area contributed by atoms with Crippen molar-refractivity contribution in [2.24, 2.45) is 0 Å². The molecule has 1 heterocycles. The van der Waals surface area contributed by atoms with Gasteiger partial charge < -0.3 is 9.80 Å². The van der Waals surface area contributed by atoms with Crippen LogP contribution in [0.2, 0.25) is 0 Å². The maximum atomic E-state index is 13.8. The quantitative estimate of drug-likeness (QED) is 0.751. The van der Waals surface area contributed by atoms with Crippen LogP contribution in [0, 0.1) is 17.1 Å². The number of nitrogens with zero attached hydrogens (tertiary/aromatic N) is 3. The lowest BCUT2D eigenvalue weighted by Crippen LogP contribution is -2.49. The Morgan fingerprint density at radius 1 is 1.04 bits per heavy atom. The number of piperazine rings is 1. The molecule has 3 rings (SSSR count). The molecule has 0 aliphatic carbocycles. The van der Waals surface area contributed by atoms with Crippen LogP contribution in [0.4, 0.5) is 23.2 Å². The van der Waals surface area contributed by atoms with E-state index in [-0.39, 0.29) is 24.2 Å². The standard InChI is InChI=1S/C19H15F4N3O/c20-16-4-2-1-3-15(16)18(27)26-9-7-25(8-10-26)17-6-5-14(19(21,22)23)11-13(17)12-24/h1-6,11H,7-10H2. The molecule has 0 bridgehead atoms. The number of nitriles is 1. The van der Waals surface area contributed by atoms with Gasteiger partial charge in [0.25, 0.3) is 5.91 Å². The molecule has 0 N–H and O–H groups in total. The maximum absolute atomic E-state index is 13.8. The first-order valence-corrected chi connectivity index (χ1v) is 8.21. The molecule has 0 atom stereocenters. The molecular formula is C19H15F4N3O. The zero-order valence-corrected chi connectivity index (χ0v) is 14.1. The fourth-order valence-electron chi connectivity index (χ4n) is 3.03. The summed E-state index contributed by atoms with van der Waals surface area (Å²) < 4.78 is 52.2. The van der Waals surface area contributed by atoms with E-state index in [9.17, 15) is 27.6 Å². The summed E-state index contributed by atoms with van der Waals surface area (Å²) in [6.07, 6.45) is -4.52. The van der Waals surface area contributed by atoms with Crippen molar-refractivity contribution in [1.29, 1.82) is 5.26 Å². The summed E-state index contributed by atoms with van der Waals surface area (Å²) in [7, 11) is 0. The molecule has 1 saturated heterocycles. The van der Waals surface area contributed by atoms with Crippen LogP contribution in [-0.4, -0.2) is 37.0 Å². The van der Waals surface area contributed by atoms with Gasteiger partial charge in [-0.05, 0) is 30.3 Å². The lowest BCUT2D eigenvalue weighted by molar-refractivity contribution is -0.137. The minimum Gasteiger partial charge on any atom is -0.367 e. The van der Waals surface area contributed by atoms with Crippen molar-refractivity contribution in [3.63, 3.8) is 0 Å². The van der Waals surface area contributed by atoms with Crippen molar-refractivity contribution >= 4 is 11.6 Å². The summed E-state index contributed by atoms with van der Waals surface area (Å²) in [6.45, 7) is 1.22. The van der Waals surface area contributed by atoms with Crippen LogP contribution in [0.25, 0.3) is 0 Å². The number of alkyl halides is 3. The summed E-state index contributed by atoms with van der Waals surface area (Å²) in [4.78, 5) is 15.7. The fraction of sp³-hybridized carbons (Fsp3) is 0.263. The Labute approximate surface area is 153 Å². The molecule has 0 unspecified atom stereocenters. The topological polar surface area (TPSA) is 47.3 Å². The average Bonchev–Trinajstić information content (AvgIpc) is 2.67. The summed E-state index contributed by atoms with van der Waals surface area (Å²) in [5.74, 6) is -1.03. The van der Waals surface area contributed by atoms with Gasteiger partial charge in [-0.15, -0.1) is 0 Å². The predicted octanol–water partition coefficient (Wildman–Crippen LogP) is 3.68. The van der Waals surface area contributed by atoms with E-state index in [4.69, 9.17) is 0 Å². The first-order valence-electron chi connectivity index (χ1n) is 8.21. The van der Waals surface area contributed by atoms with E-state index in [1.165, 1.54) is 29.2 Å². The molecule has 1 fully saturated rings.